The van der Waals surface area contributed by atoms with Crippen LogP contribution in [0.5, 0.6) is 0 Å². The van der Waals surface area contributed by atoms with Gasteiger partial charge in [0.2, 0.25) is 5.91 Å². The minimum absolute atomic E-state index is 0.189. The minimum Gasteiger partial charge on any atom is -0.325 e. The zero-order chi connectivity index (χ0) is 19.4. The maximum atomic E-state index is 12.8. The molecule has 0 aliphatic carbocycles. The fourth-order valence-electron chi connectivity index (χ4n) is 2.63. The number of ketones is 1. The number of benzene rings is 2. The number of nitrogens with zero attached hydrogens (tertiary/aromatic N) is 2. The Bertz CT molecular complexity index is 986. The summed E-state index contributed by atoms with van der Waals surface area (Å²) in [4.78, 5) is 25.2. The predicted octanol–water partition coefficient (Wildman–Crippen LogP) is 4.71. The lowest BCUT2D eigenvalue weighted by Gasteiger charge is -2.12. The summed E-state index contributed by atoms with van der Waals surface area (Å²) < 4.78 is 2.85. The van der Waals surface area contributed by atoms with E-state index in [4.69, 9.17) is 11.6 Å². The highest BCUT2D eigenvalue weighted by molar-refractivity contribution is 14.1. The van der Waals surface area contributed by atoms with Crippen molar-refractivity contribution in [2.24, 2.45) is 0 Å². The number of hydrogen-bond acceptors (Lipinski definition) is 3. The molecule has 1 N–H and O–H groups in total. The first-order valence-corrected chi connectivity index (χ1v) is 9.78. The van der Waals surface area contributed by atoms with E-state index >= 15 is 0 Å². The number of rotatable bonds is 6. The Morgan fingerprint density at radius 2 is 1.93 bits per heavy atom. The molecule has 0 aliphatic heterocycles. The lowest BCUT2D eigenvalue weighted by molar-refractivity contribution is -0.116. The summed E-state index contributed by atoms with van der Waals surface area (Å²) in [5.41, 5.74) is 2.38. The van der Waals surface area contributed by atoms with Gasteiger partial charge in [-0.25, -0.2) is 0 Å². The van der Waals surface area contributed by atoms with Gasteiger partial charge in [0.15, 0.2) is 5.78 Å². The van der Waals surface area contributed by atoms with Gasteiger partial charge in [-0.2, -0.15) is 5.10 Å². The van der Waals surface area contributed by atoms with Crippen molar-refractivity contribution in [2.45, 2.75) is 19.9 Å². The van der Waals surface area contributed by atoms with Crippen molar-refractivity contribution < 1.29 is 9.59 Å². The summed E-state index contributed by atoms with van der Waals surface area (Å²) in [5.74, 6) is -0.379. The third-order valence-electron chi connectivity index (χ3n) is 4.13. The molecule has 1 aromatic heterocycles. The van der Waals surface area contributed by atoms with Crippen molar-refractivity contribution >= 4 is 51.6 Å². The molecule has 0 saturated carbocycles. The molecule has 3 aromatic rings. The molecule has 0 aliphatic rings. The molecule has 5 nitrogen and oxygen atoms in total. The number of aromatic nitrogens is 2. The van der Waals surface area contributed by atoms with E-state index in [0.717, 1.165) is 9.26 Å². The number of aryl methyl sites for hydroxylation is 1. The third kappa shape index (κ3) is 4.75. The van der Waals surface area contributed by atoms with E-state index in [9.17, 15) is 9.59 Å². The molecular weight excluding hydrogens is 477 g/mol. The molecule has 138 valence electrons. The zero-order valence-electron chi connectivity index (χ0n) is 14.6. The van der Waals surface area contributed by atoms with Crippen LogP contribution in [0.2, 0.25) is 5.02 Å². The van der Waals surface area contributed by atoms with E-state index in [1.165, 1.54) is 0 Å². The van der Waals surface area contributed by atoms with Crippen LogP contribution in [0.1, 0.15) is 28.0 Å². The normalized spacial score (nSPS) is 10.6. The standard InChI is InChI=1S/C20H17ClIN3O2/c1-13-17(22)12-23-25(13)10-9-19(26)24-18-8-7-15(21)11-16(18)20(27)14-5-3-2-4-6-14/h2-8,11-12H,9-10H2,1H3,(H,24,26). The molecule has 0 spiro atoms. The van der Waals surface area contributed by atoms with Crippen molar-refractivity contribution in [1.29, 1.82) is 0 Å². The average molecular weight is 494 g/mol. The largest absolute Gasteiger partial charge is 0.325 e. The molecule has 27 heavy (non-hydrogen) atoms. The molecule has 1 amide bonds. The van der Waals surface area contributed by atoms with Crippen molar-refractivity contribution in [2.75, 3.05) is 5.32 Å². The van der Waals surface area contributed by atoms with Crippen LogP contribution < -0.4 is 5.32 Å². The SMILES string of the molecule is Cc1c(I)cnn1CCC(=O)Nc1ccc(Cl)cc1C(=O)c1ccccc1. The minimum atomic E-state index is -0.190. The second-order valence-electron chi connectivity index (χ2n) is 5.98. The summed E-state index contributed by atoms with van der Waals surface area (Å²) >= 11 is 8.28. The number of hydrogen-bond donors (Lipinski definition) is 1. The molecule has 3 rings (SSSR count). The first-order chi connectivity index (χ1) is 13.0. The Labute approximate surface area is 175 Å². The Kier molecular flexibility index (Phi) is 6.28. The van der Waals surface area contributed by atoms with E-state index in [1.54, 1.807) is 53.3 Å². The monoisotopic (exact) mass is 493 g/mol. The molecule has 0 bridgehead atoms. The summed E-state index contributed by atoms with van der Waals surface area (Å²) in [5, 5.41) is 7.51. The highest BCUT2D eigenvalue weighted by Gasteiger charge is 2.16. The first kappa shape index (κ1) is 19.6. The van der Waals surface area contributed by atoms with Gasteiger partial charge in [-0.3, -0.25) is 14.3 Å². The van der Waals surface area contributed by atoms with Crippen LogP contribution >= 0.6 is 34.2 Å². The summed E-state index contributed by atoms with van der Waals surface area (Å²) in [6.45, 7) is 2.43. The zero-order valence-corrected chi connectivity index (χ0v) is 17.5. The third-order valence-corrected chi connectivity index (χ3v) is 5.42. The van der Waals surface area contributed by atoms with Crippen molar-refractivity contribution in [3.8, 4) is 0 Å². The highest BCUT2D eigenvalue weighted by atomic mass is 127. The topological polar surface area (TPSA) is 64.0 Å². The molecule has 7 heteroatoms. The lowest BCUT2D eigenvalue weighted by atomic mass is 10.0. The average Bonchev–Trinajstić information content (AvgIpc) is 3.00. The number of halogens is 2. The van der Waals surface area contributed by atoms with Crippen LogP contribution in [0.3, 0.4) is 0 Å². The van der Waals surface area contributed by atoms with Crippen molar-refractivity contribution in [1.82, 2.24) is 9.78 Å². The molecule has 2 aromatic carbocycles. The molecular formula is C20H17ClIN3O2. The van der Waals surface area contributed by atoms with E-state index in [0.29, 0.717) is 28.4 Å². The van der Waals surface area contributed by atoms with Gasteiger partial charge in [-0.15, -0.1) is 0 Å². The number of nitrogens with one attached hydrogen (secondary N) is 1. The van der Waals surface area contributed by atoms with Gasteiger partial charge in [0.25, 0.3) is 0 Å². The van der Waals surface area contributed by atoms with Gasteiger partial charge in [0.1, 0.15) is 0 Å². The maximum absolute atomic E-state index is 12.8. The second-order valence-corrected chi connectivity index (χ2v) is 7.58. The molecule has 0 saturated heterocycles. The smallest absolute Gasteiger partial charge is 0.226 e. The van der Waals surface area contributed by atoms with Gasteiger partial charge >= 0.3 is 0 Å². The van der Waals surface area contributed by atoms with Gasteiger partial charge in [-0.05, 0) is 47.7 Å². The predicted molar refractivity (Wildman–Crippen MR) is 114 cm³/mol. The molecule has 0 fully saturated rings. The maximum Gasteiger partial charge on any atom is 0.226 e. The van der Waals surface area contributed by atoms with Crippen molar-refractivity contribution in [3.63, 3.8) is 0 Å². The Balaban J connectivity index is 1.75. The van der Waals surface area contributed by atoms with Crippen molar-refractivity contribution in [3.05, 3.63) is 80.1 Å². The van der Waals surface area contributed by atoms with Gasteiger partial charge in [0, 0.05) is 28.3 Å². The molecule has 0 atom stereocenters. The Morgan fingerprint density at radius 3 is 2.59 bits per heavy atom. The van der Waals surface area contributed by atoms with E-state index in [1.807, 2.05) is 13.0 Å². The van der Waals surface area contributed by atoms with E-state index < -0.39 is 0 Å². The van der Waals surface area contributed by atoms with Crippen LogP contribution in [0.4, 0.5) is 5.69 Å². The number of carbonyl (C=O) groups excluding carboxylic acids is 2. The van der Waals surface area contributed by atoms with Crippen LogP contribution in [-0.4, -0.2) is 21.5 Å². The van der Waals surface area contributed by atoms with Gasteiger partial charge in [0.05, 0.1) is 22.0 Å². The van der Waals surface area contributed by atoms with Crippen LogP contribution in [-0.2, 0) is 11.3 Å². The fourth-order valence-corrected chi connectivity index (χ4v) is 3.20. The first-order valence-electron chi connectivity index (χ1n) is 8.33. The number of carbonyl (C=O) groups is 2. The van der Waals surface area contributed by atoms with E-state index in [-0.39, 0.29) is 18.1 Å². The van der Waals surface area contributed by atoms with E-state index in [2.05, 4.69) is 33.0 Å². The molecule has 0 radical (unpaired) electrons. The highest BCUT2D eigenvalue weighted by Crippen LogP contribution is 2.24. The number of anilines is 1. The van der Waals surface area contributed by atoms with Crippen LogP contribution in [0.25, 0.3) is 0 Å². The Morgan fingerprint density at radius 1 is 1.19 bits per heavy atom. The lowest BCUT2D eigenvalue weighted by Crippen LogP contribution is -2.17. The number of amides is 1. The Hall–Kier alpha value is -2.19. The van der Waals surface area contributed by atoms with Crippen LogP contribution in [0, 0.1) is 10.5 Å². The second kappa shape index (κ2) is 8.67. The van der Waals surface area contributed by atoms with Gasteiger partial charge in [-0.1, -0.05) is 41.9 Å². The fraction of sp³-hybridized carbons (Fsp3) is 0.150. The van der Waals surface area contributed by atoms with Gasteiger partial charge < -0.3 is 5.32 Å². The quantitative estimate of drug-likeness (QED) is 0.400. The summed E-state index contributed by atoms with van der Waals surface area (Å²) in [6, 6.07) is 13.8. The molecule has 0 unspecified atom stereocenters. The van der Waals surface area contributed by atoms with Crippen LogP contribution in [0.15, 0.2) is 54.7 Å². The summed E-state index contributed by atoms with van der Waals surface area (Å²) in [7, 11) is 0. The summed E-state index contributed by atoms with van der Waals surface area (Å²) in [6.07, 6.45) is 2.02. The molecule has 1 heterocycles.